The number of carbonyl (C=O) groups excluding carboxylic acids is 2. The van der Waals surface area contributed by atoms with E-state index in [1.54, 1.807) is 7.05 Å². The Morgan fingerprint density at radius 3 is 2.08 bits per heavy atom. The Labute approximate surface area is 235 Å². The highest BCUT2D eigenvalue weighted by atomic mass is 16.7. The molecule has 0 fully saturated rings. The van der Waals surface area contributed by atoms with Crippen molar-refractivity contribution in [1.29, 1.82) is 0 Å². The molecule has 0 aliphatic heterocycles. The first kappa shape index (κ1) is 36.1. The van der Waals surface area contributed by atoms with E-state index in [2.05, 4.69) is 78.5 Å². The van der Waals surface area contributed by atoms with Gasteiger partial charge in [0.05, 0.1) is 7.11 Å². The summed E-state index contributed by atoms with van der Waals surface area (Å²) < 4.78 is 0. The van der Waals surface area contributed by atoms with Crippen LogP contribution in [0.25, 0.3) is 0 Å². The van der Waals surface area contributed by atoms with Crippen molar-refractivity contribution in [1.82, 2.24) is 5.06 Å². The second kappa shape index (κ2) is 20.0. The van der Waals surface area contributed by atoms with Gasteiger partial charge >= 0.3 is 0 Å². The molecule has 0 heterocycles. The van der Waals surface area contributed by atoms with Crippen molar-refractivity contribution < 1.29 is 14.4 Å². The Bertz CT molecular complexity index is 781. The first-order valence-corrected chi connectivity index (χ1v) is 14.8. The normalized spacial score (nSPS) is 18.1. The largest absolute Gasteiger partial charge is 0.299 e. The summed E-state index contributed by atoms with van der Waals surface area (Å²) in [6.07, 6.45) is 19.6. The van der Waals surface area contributed by atoms with E-state index in [1.165, 1.54) is 37.0 Å². The molecular weight excluding hydrogens is 470 g/mol. The third-order valence-corrected chi connectivity index (χ3v) is 7.42. The second-order valence-electron chi connectivity index (χ2n) is 12.2. The fourth-order valence-corrected chi connectivity index (χ4v) is 5.65. The molecule has 7 unspecified atom stereocenters. The minimum absolute atomic E-state index is 0.0921. The van der Waals surface area contributed by atoms with Gasteiger partial charge in [-0.05, 0) is 75.0 Å². The molecular formula is C34H59NO3. The number of Topliss-reactive ketones (excluding diaryl/α,β-unsaturated/α-hetero) is 1. The van der Waals surface area contributed by atoms with Gasteiger partial charge in [0.2, 0.25) is 5.91 Å². The third-order valence-electron chi connectivity index (χ3n) is 7.42. The highest BCUT2D eigenvalue weighted by Gasteiger charge is 2.23. The van der Waals surface area contributed by atoms with Crippen LogP contribution >= 0.6 is 0 Å². The lowest BCUT2D eigenvalue weighted by Gasteiger charge is -2.20. The van der Waals surface area contributed by atoms with Crippen LogP contribution in [0.4, 0.5) is 0 Å². The molecule has 0 bridgehead atoms. The molecule has 4 nitrogen and oxygen atoms in total. The minimum Gasteiger partial charge on any atom is -0.299 e. The average Bonchev–Trinajstić information content (AvgIpc) is 2.83. The van der Waals surface area contributed by atoms with Crippen LogP contribution in [-0.2, 0) is 14.4 Å². The van der Waals surface area contributed by atoms with Crippen LogP contribution in [-0.4, -0.2) is 30.9 Å². The van der Waals surface area contributed by atoms with E-state index in [9.17, 15) is 9.59 Å². The van der Waals surface area contributed by atoms with E-state index in [0.717, 1.165) is 18.8 Å². The van der Waals surface area contributed by atoms with Gasteiger partial charge in [0.15, 0.2) is 0 Å². The van der Waals surface area contributed by atoms with E-state index >= 15 is 0 Å². The molecule has 38 heavy (non-hydrogen) atoms. The van der Waals surface area contributed by atoms with Gasteiger partial charge in [-0.1, -0.05) is 97.1 Å². The Kier molecular flexibility index (Phi) is 19.0. The topological polar surface area (TPSA) is 46.6 Å². The number of hydrogen-bond donors (Lipinski definition) is 0. The first-order chi connectivity index (χ1) is 17.8. The number of allylic oxidation sites excluding steroid dienone is 7. The van der Waals surface area contributed by atoms with Crippen LogP contribution in [0, 0.1) is 41.4 Å². The zero-order valence-corrected chi connectivity index (χ0v) is 26.3. The standard InChI is InChI=1S/C34H59NO3/c1-12-13-16-25(2)19-27(4)21-29(6)23-30(7)22-28(5)20-26(3)17-14-15-18-33(36)31(8)24-32(9)34(37)35(10)38-11/h12-14,16-17,22,25-29,31-32H,1,15,18-21,23-24H2,2-11H3. The Morgan fingerprint density at radius 2 is 1.47 bits per heavy atom. The molecule has 4 heteroatoms. The highest BCUT2D eigenvalue weighted by Crippen LogP contribution is 2.26. The molecule has 0 radical (unpaired) electrons. The molecule has 0 aliphatic carbocycles. The van der Waals surface area contributed by atoms with Crippen LogP contribution in [0.15, 0.2) is 48.6 Å². The van der Waals surface area contributed by atoms with Crippen molar-refractivity contribution >= 4 is 11.7 Å². The summed E-state index contributed by atoms with van der Waals surface area (Å²) in [5.41, 5.74) is 1.50. The van der Waals surface area contributed by atoms with Crippen molar-refractivity contribution in [2.75, 3.05) is 14.2 Å². The fourth-order valence-electron chi connectivity index (χ4n) is 5.65. The smallest absolute Gasteiger partial charge is 0.248 e. The number of carbonyl (C=O) groups is 2. The lowest BCUT2D eigenvalue weighted by atomic mass is 9.86. The molecule has 0 rings (SSSR count). The summed E-state index contributed by atoms with van der Waals surface area (Å²) in [6, 6.07) is 0. The van der Waals surface area contributed by atoms with Gasteiger partial charge in [-0.25, -0.2) is 5.06 Å². The Morgan fingerprint density at radius 1 is 0.842 bits per heavy atom. The first-order valence-electron chi connectivity index (χ1n) is 14.8. The van der Waals surface area contributed by atoms with Crippen LogP contribution in [0.5, 0.6) is 0 Å². The van der Waals surface area contributed by atoms with Crippen LogP contribution < -0.4 is 0 Å². The molecule has 0 saturated carbocycles. The van der Waals surface area contributed by atoms with Gasteiger partial charge in [0.25, 0.3) is 0 Å². The van der Waals surface area contributed by atoms with E-state index in [0.29, 0.717) is 36.5 Å². The number of ketones is 1. The second-order valence-corrected chi connectivity index (χ2v) is 12.2. The van der Waals surface area contributed by atoms with Gasteiger partial charge in [-0.2, -0.15) is 0 Å². The summed E-state index contributed by atoms with van der Waals surface area (Å²) in [7, 11) is 3.07. The number of rotatable bonds is 20. The van der Waals surface area contributed by atoms with E-state index in [-0.39, 0.29) is 23.5 Å². The lowest BCUT2D eigenvalue weighted by Crippen LogP contribution is -2.32. The molecule has 7 atom stereocenters. The predicted molar refractivity (Wildman–Crippen MR) is 163 cm³/mol. The maximum Gasteiger partial charge on any atom is 0.248 e. The summed E-state index contributed by atoms with van der Waals surface area (Å²) in [5.74, 6) is 2.82. The SMILES string of the molecule is C=CC=CC(C)CC(C)CC(C)CC(C)=CC(C)CC(C)C=CCCC(=O)C(C)CC(C)C(=O)N(C)OC. The molecule has 0 aromatic carbocycles. The van der Waals surface area contributed by atoms with E-state index in [4.69, 9.17) is 4.84 Å². The Hall–Kier alpha value is -1.94. The molecule has 0 aliphatic rings. The quantitative estimate of drug-likeness (QED) is 0.0898. The number of hydroxylamine groups is 2. The number of nitrogens with zero attached hydrogens (tertiary/aromatic N) is 1. The zero-order valence-electron chi connectivity index (χ0n) is 26.3. The Balaban J connectivity index is 4.43. The van der Waals surface area contributed by atoms with Crippen molar-refractivity contribution in [2.45, 2.75) is 100 Å². The molecule has 0 aromatic heterocycles. The molecule has 0 spiro atoms. The molecule has 0 aromatic rings. The van der Waals surface area contributed by atoms with Gasteiger partial charge < -0.3 is 0 Å². The van der Waals surface area contributed by atoms with Gasteiger partial charge in [0.1, 0.15) is 5.78 Å². The third kappa shape index (κ3) is 16.8. The van der Waals surface area contributed by atoms with E-state index < -0.39 is 0 Å². The zero-order chi connectivity index (χ0) is 29.3. The molecule has 1 amide bonds. The molecule has 218 valence electrons. The molecule has 0 saturated heterocycles. The maximum absolute atomic E-state index is 12.5. The average molecular weight is 530 g/mol. The van der Waals surface area contributed by atoms with E-state index in [1.807, 2.05) is 19.9 Å². The predicted octanol–water partition coefficient (Wildman–Crippen LogP) is 9.00. The summed E-state index contributed by atoms with van der Waals surface area (Å²) >= 11 is 0. The summed E-state index contributed by atoms with van der Waals surface area (Å²) in [5, 5.41) is 1.23. The maximum atomic E-state index is 12.5. The summed E-state index contributed by atoms with van der Waals surface area (Å²) in [4.78, 5) is 29.6. The highest BCUT2D eigenvalue weighted by molar-refractivity contribution is 5.82. The van der Waals surface area contributed by atoms with Gasteiger partial charge in [0, 0.05) is 25.3 Å². The van der Waals surface area contributed by atoms with Gasteiger partial charge in [-0.15, -0.1) is 0 Å². The van der Waals surface area contributed by atoms with Crippen molar-refractivity contribution in [2.24, 2.45) is 41.4 Å². The van der Waals surface area contributed by atoms with Crippen molar-refractivity contribution in [3.63, 3.8) is 0 Å². The van der Waals surface area contributed by atoms with Crippen molar-refractivity contribution in [3.8, 4) is 0 Å². The number of hydrogen-bond acceptors (Lipinski definition) is 3. The minimum atomic E-state index is -0.229. The lowest BCUT2D eigenvalue weighted by molar-refractivity contribution is -0.173. The van der Waals surface area contributed by atoms with Crippen LogP contribution in [0.3, 0.4) is 0 Å². The van der Waals surface area contributed by atoms with Crippen molar-refractivity contribution in [3.05, 3.63) is 48.6 Å². The molecule has 0 N–H and O–H groups in total. The van der Waals surface area contributed by atoms with Crippen LogP contribution in [0.1, 0.15) is 100 Å². The fraction of sp³-hybridized carbons (Fsp3) is 0.706. The number of amides is 1. The summed E-state index contributed by atoms with van der Waals surface area (Å²) in [6.45, 7) is 21.4. The van der Waals surface area contributed by atoms with Crippen LogP contribution in [0.2, 0.25) is 0 Å². The monoisotopic (exact) mass is 529 g/mol. The van der Waals surface area contributed by atoms with Gasteiger partial charge in [-0.3, -0.25) is 14.4 Å².